The molecule has 0 radical (unpaired) electrons. The van der Waals surface area contributed by atoms with Crippen molar-refractivity contribution in [2.75, 3.05) is 13.1 Å². The molecule has 0 amide bonds. The summed E-state index contributed by atoms with van der Waals surface area (Å²) >= 11 is 1.68. The van der Waals surface area contributed by atoms with Gasteiger partial charge in [-0.05, 0) is 32.9 Å². The van der Waals surface area contributed by atoms with E-state index in [1.165, 1.54) is 4.88 Å². The second-order valence-electron chi connectivity index (χ2n) is 4.25. The van der Waals surface area contributed by atoms with Gasteiger partial charge in [0.2, 0.25) is 0 Å². The number of aliphatic carboxylic acids is 1. The van der Waals surface area contributed by atoms with Crippen LogP contribution in [0.3, 0.4) is 0 Å². The molecule has 1 aliphatic rings. The zero-order chi connectivity index (χ0) is 11.5. The van der Waals surface area contributed by atoms with E-state index >= 15 is 0 Å². The quantitative estimate of drug-likeness (QED) is 0.874. The van der Waals surface area contributed by atoms with Crippen LogP contribution in [0.4, 0.5) is 0 Å². The molecule has 0 atom stereocenters. The number of likely N-dealkylation sites (tertiary alicyclic amines) is 1. The molecule has 1 N–H and O–H groups in total. The first-order valence-electron chi connectivity index (χ1n) is 5.51. The van der Waals surface area contributed by atoms with Gasteiger partial charge in [0.05, 0.1) is 17.1 Å². The number of thiazole rings is 1. The SMILES string of the molecule is Cc1ncsc1CN1CCC(C(=O)O)CC1. The van der Waals surface area contributed by atoms with Crippen molar-refractivity contribution in [3.8, 4) is 0 Å². The van der Waals surface area contributed by atoms with Crippen molar-refractivity contribution < 1.29 is 9.90 Å². The minimum absolute atomic E-state index is 0.140. The van der Waals surface area contributed by atoms with E-state index in [1.807, 2.05) is 12.4 Å². The molecule has 1 fully saturated rings. The van der Waals surface area contributed by atoms with Crippen molar-refractivity contribution in [3.63, 3.8) is 0 Å². The van der Waals surface area contributed by atoms with Gasteiger partial charge in [0, 0.05) is 11.4 Å². The van der Waals surface area contributed by atoms with E-state index in [-0.39, 0.29) is 5.92 Å². The molecule has 4 nitrogen and oxygen atoms in total. The Balaban J connectivity index is 1.86. The molecule has 0 aliphatic carbocycles. The highest BCUT2D eigenvalue weighted by atomic mass is 32.1. The summed E-state index contributed by atoms with van der Waals surface area (Å²) in [5.41, 5.74) is 2.97. The molecular formula is C11H16N2O2S. The molecule has 0 aromatic carbocycles. The van der Waals surface area contributed by atoms with E-state index in [1.54, 1.807) is 11.3 Å². The molecule has 0 spiro atoms. The molecule has 0 unspecified atom stereocenters. The highest BCUT2D eigenvalue weighted by molar-refractivity contribution is 7.09. The molecule has 0 saturated carbocycles. The van der Waals surface area contributed by atoms with E-state index in [0.717, 1.165) is 38.2 Å². The summed E-state index contributed by atoms with van der Waals surface area (Å²) in [7, 11) is 0. The van der Waals surface area contributed by atoms with Crippen LogP contribution >= 0.6 is 11.3 Å². The molecule has 16 heavy (non-hydrogen) atoms. The Labute approximate surface area is 98.9 Å². The maximum atomic E-state index is 10.8. The fourth-order valence-corrected chi connectivity index (χ4v) is 2.84. The standard InChI is InChI=1S/C11H16N2O2S/c1-8-10(16-7-12-8)6-13-4-2-9(3-5-13)11(14)15/h7,9H,2-6H2,1H3,(H,14,15). The van der Waals surface area contributed by atoms with Crippen molar-refractivity contribution in [3.05, 3.63) is 16.1 Å². The molecule has 1 aromatic heterocycles. The number of piperidine rings is 1. The predicted octanol–water partition coefficient (Wildman–Crippen LogP) is 1.75. The molecule has 5 heteroatoms. The molecule has 1 saturated heterocycles. The zero-order valence-electron chi connectivity index (χ0n) is 9.35. The largest absolute Gasteiger partial charge is 0.481 e. The number of rotatable bonds is 3. The van der Waals surface area contributed by atoms with Crippen LogP contribution in [-0.4, -0.2) is 34.0 Å². The third-order valence-corrected chi connectivity index (χ3v) is 4.07. The van der Waals surface area contributed by atoms with E-state index in [0.29, 0.717) is 0 Å². The van der Waals surface area contributed by atoms with Crippen molar-refractivity contribution in [2.24, 2.45) is 5.92 Å². The number of carboxylic acids is 1. The van der Waals surface area contributed by atoms with Crippen LogP contribution in [0.5, 0.6) is 0 Å². The Morgan fingerprint density at radius 1 is 1.62 bits per heavy atom. The first-order chi connectivity index (χ1) is 7.66. The Morgan fingerprint density at radius 3 is 2.81 bits per heavy atom. The molecule has 1 aliphatic heterocycles. The van der Waals surface area contributed by atoms with Gasteiger partial charge in [-0.25, -0.2) is 4.98 Å². The van der Waals surface area contributed by atoms with Gasteiger partial charge in [0.15, 0.2) is 0 Å². The van der Waals surface area contributed by atoms with E-state index in [2.05, 4.69) is 9.88 Å². The molecule has 0 bridgehead atoms. The average molecular weight is 240 g/mol. The average Bonchev–Trinajstić information content (AvgIpc) is 2.65. The second-order valence-corrected chi connectivity index (χ2v) is 5.19. The zero-order valence-corrected chi connectivity index (χ0v) is 10.2. The van der Waals surface area contributed by atoms with Crippen LogP contribution in [0.15, 0.2) is 5.51 Å². The number of hydrogen-bond donors (Lipinski definition) is 1. The van der Waals surface area contributed by atoms with Gasteiger partial charge in [-0.3, -0.25) is 9.69 Å². The minimum Gasteiger partial charge on any atom is -0.481 e. The summed E-state index contributed by atoms with van der Waals surface area (Å²) < 4.78 is 0. The summed E-state index contributed by atoms with van der Waals surface area (Å²) in [6, 6.07) is 0. The highest BCUT2D eigenvalue weighted by Gasteiger charge is 2.24. The Kier molecular flexibility index (Phi) is 3.56. The van der Waals surface area contributed by atoms with E-state index < -0.39 is 5.97 Å². The number of nitrogens with zero attached hydrogens (tertiary/aromatic N) is 2. The van der Waals surface area contributed by atoms with Crippen LogP contribution in [0.25, 0.3) is 0 Å². The summed E-state index contributed by atoms with van der Waals surface area (Å²) in [5, 5.41) is 8.90. The van der Waals surface area contributed by atoms with Gasteiger partial charge >= 0.3 is 5.97 Å². The fourth-order valence-electron chi connectivity index (χ4n) is 2.02. The first kappa shape index (κ1) is 11.5. The molecule has 2 heterocycles. The fraction of sp³-hybridized carbons (Fsp3) is 0.636. The van der Waals surface area contributed by atoms with Crippen molar-refractivity contribution in [1.29, 1.82) is 0 Å². The smallest absolute Gasteiger partial charge is 0.306 e. The molecule has 2 rings (SSSR count). The Morgan fingerprint density at radius 2 is 2.31 bits per heavy atom. The van der Waals surface area contributed by atoms with Gasteiger partial charge < -0.3 is 5.11 Å². The topological polar surface area (TPSA) is 53.4 Å². The van der Waals surface area contributed by atoms with E-state index in [4.69, 9.17) is 5.11 Å². The van der Waals surface area contributed by atoms with Gasteiger partial charge in [-0.1, -0.05) is 0 Å². The first-order valence-corrected chi connectivity index (χ1v) is 6.39. The maximum absolute atomic E-state index is 10.8. The summed E-state index contributed by atoms with van der Waals surface area (Å²) in [6.07, 6.45) is 1.54. The Bertz CT molecular complexity index is 370. The van der Waals surface area contributed by atoms with Crippen LogP contribution in [-0.2, 0) is 11.3 Å². The number of aromatic nitrogens is 1. The Hall–Kier alpha value is -0.940. The molecule has 88 valence electrons. The number of hydrogen-bond acceptors (Lipinski definition) is 4. The van der Waals surface area contributed by atoms with Crippen molar-refractivity contribution in [2.45, 2.75) is 26.3 Å². The summed E-state index contributed by atoms with van der Waals surface area (Å²) in [5.74, 6) is -0.785. The number of carboxylic acid groups (broad SMARTS) is 1. The third-order valence-electron chi connectivity index (χ3n) is 3.15. The second kappa shape index (κ2) is 4.93. The van der Waals surface area contributed by atoms with Gasteiger partial charge in [-0.15, -0.1) is 11.3 Å². The predicted molar refractivity (Wildman–Crippen MR) is 62.5 cm³/mol. The molecular weight excluding hydrogens is 224 g/mol. The summed E-state index contributed by atoms with van der Waals surface area (Å²) in [4.78, 5) is 18.6. The minimum atomic E-state index is -0.645. The van der Waals surface area contributed by atoms with Gasteiger partial charge in [-0.2, -0.15) is 0 Å². The van der Waals surface area contributed by atoms with E-state index in [9.17, 15) is 4.79 Å². The lowest BCUT2D eigenvalue weighted by Crippen LogP contribution is -2.35. The summed E-state index contributed by atoms with van der Waals surface area (Å²) in [6.45, 7) is 4.71. The lowest BCUT2D eigenvalue weighted by molar-refractivity contribution is -0.143. The lowest BCUT2D eigenvalue weighted by Gasteiger charge is -2.29. The van der Waals surface area contributed by atoms with Crippen molar-refractivity contribution in [1.82, 2.24) is 9.88 Å². The van der Waals surface area contributed by atoms with Crippen LogP contribution in [0.2, 0.25) is 0 Å². The lowest BCUT2D eigenvalue weighted by atomic mass is 9.97. The van der Waals surface area contributed by atoms with Crippen molar-refractivity contribution >= 4 is 17.3 Å². The monoisotopic (exact) mass is 240 g/mol. The van der Waals surface area contributed by atoms with Crippen LogP contribution < -0.4 is 0 Å². The number of carbonyl (C=O) groups is 1. The maximum Gasteiger partial charge on any atom is 0.306 e. The van der Waals surface area contributed by atoms with Gasteiger partial charge in [0.1, 0.15) is 0 Å². The third kappa shape index (κ3) is 2.59. The van der Waals surface area contributed by atoms with Gasteiger partial charge in [0.25, 0.3) is 0 Å². The van der Waals surface area contributed by atoms with Crippen LogP contribution in [0, 0.1) is 12.8 Å². The molecule has 1 aromatic rings. The van der Waals surface area contributed by atoms with Crippen LogP contribution in [0.1, 0.15) is 23.4 Å². The highest BCUT2D eigenvalue weighted by Crippen LogP contribution is 2.21. The number of aryl methyl sites for hydroxylation is 1. The normalized spacial score (nSPS) is 18.8.